The van der Waals surface area contributed by atoms with E-state index in [1.807, 2.05) is 0 Å². The third-order valence-corrected chi connectivity index (χ3v) is 4.91. The van der Waals surface area contributed by atoms with Gasteiger partial charge in [0.15, 0.2) is 0 Å². The zero-order valence-electron chi connectivity index (χ0n) is 16.6. The van der Waals surface area contributed by atoms with Crippen LogP contribution in [0.5, 0.6) is 0 Å². The minimum Gasteiger partial charge on any atom is -0.469 e. The van der Waals surface area contributed by atoms with Gasteiger partial charge < -0.3 is 9.47 Å². The molecule has 0 saturated carbocycles. The Labute approximate surface area is 148 Å². The minimum absolute atomic E-state index is 0.00458. The summed E-state index contributed by atoms with van der Waals surface area (Å²) in [5.41, 5.74) is 0. The molecule has 4 nitrogen and oxygen atoms in total. The van der Waals surface area contributed by atoms with Crippen molar-refractivity contribution in [2.75, 3.05) is 14.2 Å². The molecule has 0 aliphatic carbocycles. The number of rotatable bonds is 13. The normalized spacial score (nSPS) is 13.8. The van der Waals surface area contributed by atoms with Crippen molar-refractivity contribution in [2.24, 2.45) is 23.7 Å². The summed E-state index contributed by atoms with van der Waals surface area (Å²) in [6, 6.07) is 0. The van der Waals surface area contributed by atoms with Crippen molar-refractivity contribution < 1.29 is 19.1 Å². The van der Waals surface area contributed by atoms with Gasteiger partial charge >= 0.3 is 11.9 Å². The summed E-state index contributed by atoms with van der Waals surface area (Å²) in [7, 11) is 2.93. The van der Waals surface area contributed by atoms with Crippen LogP contribution < -0.4 is 0 Å². The first kappa shape index (κ1) is 22.9. The topological polar surface area (TPSA) is 52.6 Å². The Morgan fingerprint density at radius 1 is 0.750 bits per heavy atom. The van der Waals surface area contributed by atoms with Crippen molar-refractivity contribution in [1.82, 2.24) is 0 Å². The highest BCUT2D eigenvalue weighted by Gasteiger charge is 2.33. The summed E-state index contributed by atoms with van der Waals surface area (Å²) in [5.74, 6) is 0.996. The van der Waals surface area contributed by atoms with Crippen LogP contribution in [-0.2, 0) is 19.1 Å². The van der Waals surface area contributed by atoms with Gasteiger partial charge in [0.1, 0.15) is 0 Å². The van der Waals surface area contributed by atoms with E-state index in [1.54, 1.807) is 0 Å². The average molecular weight is 343 g/mol. The molecular formula is C20H38O4. The smallest absolute Gasteiger partial charge is 0.309 e. The zero-order valence-corrected chi connectivity index (χ0v) is 16.6. The van der Waals surface area contributed by atoms with Gasteiger partial charge in [-0.3, -0.25) is 9.59 Å². The quantitative estimate of drug-likeness (QED) is 0.349. The van der Waals surface area contributed by atoms with Crippen molar-refractivity contribution >= 4 is 11.9 Å². The van der Waals surface area contributed by atoms with E-state index in [0.717, 1.165) is 32.1 Å². The third-order valence-electron chi connectivity index (χ3n) is 4.91. The fourth-order valence-electron chi connectivity index (χ4n) is 3.46. The largest absolute Gasteiger partial charge is 0.469 e. The number of carbonyl (C=O) groups is 2. The Balaban J connectivity index is 4.10. The minimum atomic E-state index is -0.114. The number of ether oxygens (including phenoxy) is 2. The standard InChI is InChI=1S/C20H38O4/c1-15(2)17(19(16(3)4)20(22)24-6)13-11-9-7-8-10-12-14-18(21)23-5/h15-17,19H,7-14H2,1-6H3. The molecule has 2 atom stereocenters. The van der Waals surface area contributed by atoms with Crippen molar-refractivity contribution in [1.29, 1.82) is 0 Å². The van der Waals surface area contributed by atoms with E-state index in [-0.39, 0.29) is 17.9 Å². The van der Waals surface area contributed by atoms with Crippen LogP contribution in [0.2, 0.25) is 0 Å². The van der Waals surface area contributed by atoms with Gasteiger partial charge in [-0.15, -0.1) is 0 Å². The van der Waals surface area contributed by atoms with Crippen LogP contribution in [0, 0.1) is 23.7 Å². The number of hydrogen-bond donors (Lipinski definition) is 0. The monoisotopic (exact) mass is 342 g/mol. The first-order valence-corrected chi connectivity index (χ1v) is 9.49. The van der Waals surface area contributed by atoms with Crippen LogP contribution in [0.15, 0.2) is 0 Å². The fraction of sp³-hybridized carbons (Fsp3) is 0.900. The highest BCUT2D eigenvalue weighted by Crippen LogP contribution is 2.33. The van der Waals surface area contributed by atoms with E-state index in [2.05, 4.69) is 32.4 Å². The Morgan fingerprint density at radius 3 is 1.75 bits per heavy atom. The number of esters is 2. The molecule has 0 fully saturated rings. The van der Waals surface area contributed by atoms with E-state index in [1.165, 1.54) is 27.1 Å². The summed E-state index contributed by atoms with van der Waals surface area (Å²) in [4.78, 5) is 23.2. The Bertz CT molecular complexity index is 350. The number of methoxy groups -OCH3 is 2. The first-order valence-electron chi connectivity index (χ1n) is 9.49. The molecule has 2 unspecified atom stereocenters. The molecule has 0 N–H and O–H groups in total. The maximum absolute atomic E-state index is 12.1. The van der Waals surface area contributed by atoms with Crippen molar-refractivity contribution in [3.05, 3.63) is 0 Å². The predicted molar refractivity (Wildman–Crippen MR) is 97.6 cm³/mol. The highest BCUT2D eigenvalue weighted by atomic mass is 16.5. The third kappa shape index (κ3) is 9.29. The summed E-state index contributed by atoms with van der Waals surface area (Å²) >= 11 is 0. The Hall–Kier alpha value is -1.06. The summed E-state index contributed by atoms with van der Waals surface area (Å²) in [6.07, 6.45) is 8.30. The van der Waals surface area contributed by atoms with E-state index in [0.29, 0.717) is 24.2 Å². The molecule has 0 aromatic carbocycles. The van der Waals surface area contributed by atoms with Crippen molar-refractivity contribution in [2.45, 2.75) is 79.1 Å². The van der Waals surface area contributed by atoms with Crippen LogP contribution in [0.1, 0.15) is 79.1 Å². The molecule has 142 valence electrons. The van der Waals surface area contributed by atoms with Crippen LogP contribution in [0.4, 0.5) is 0 Å². The molecule has 0 rings (SSSR count). The van der Waals surface area contributed by atoms with Crippen LogP contribution in [-0.4, -0.2) is 26.2 Å². The maximum atomic E-state index is 12.1. The SMILES string of the molecule is COC(=O)CCCCCCCCC(C(C)C)C(C(=O)OC)C(C)C. The molecule has 0 aliphatic rings. The van der Waals surface area contributed by atoms with Crippen LogP contribution in [0.3, 0.4) is 0 Å². The van der Waals surface area contributed by atoms with Gasteiger partial charge in [-0.1, -0.05) is 59.8 Å². The van der Waals surface area contributed by atoms with E-state index >= 15 is 0 Å². The van der Waals surface area contributed by atoms with E-state index in [4.69, 9.17) is 4.74 Å². The van der Waals surface area contributed by atoms with E-state index < -0.39 is 0 Å². The molecule has 0 saturated heterocycles. The Morgan fingerprint density at radius 2 is 1.29 bits per heavy atom. The van der Waals surface area contributed by atoms with Crippen molar-refractivity contribution in [3.63, 3.8) is 0 Å². The molecule has 0 bridgehead atoms. The predicted octanol–water partition coefficient (Wildman–Crippen LogP) is 5.00. The van der Waals surface area contributed by atoms with Gasteiger partial charge in [-0.05, 0) is 30.6 Å². The molecule has 0 aromatic heterocycles. The van der Waals surface area contributed by atoms with Gasteiger partial charge in [0.2, 0.25) is 0 Å². The molecule has 0 heterocycles. The molecule has 4 heteroatoms. The highest BCUT2D eigenvalue weighted by molar-refractivity contribution is 5.73. The second-order valence-corrected chi connectivity index (χ2v) is 7.44. The fourth-order valence-corrected chi connectivity index (χ4v) is 3.46. The summed E-state index contributed by atoms with van der Waals surface area (Å²) < 4.78 is 9.67. The molecule has 0 amide bonds. The number of carbonyl (C=O) groups excluding carboxylic acids is 2. The molecule has 24 heavy (non-hydrogen) atoms. The average Bonchev–Trinajstić information content (AvgIpc) is 2.54. The van der Waals surface area contributed by atoms with Crippen LogP contribution in [0.25, 0.3) is 0 Å². The van der Waals surface area contributed by atoms with Gasteiger partial charge in [-0.25, -0.2) is 0 Å². The number of hydrogen-bond acceptors (Lipinski definition) is 4. The lowest BCUT2D eigenvalue weighted by atomic mass is 9.74. The maximum Gasteiger partial charge on any atom is 0.309 e. The lowest BCUT2D eigenvalue weighted by Gasteiger charge is -2.31. The second-order valence-electron chi connectivity index (χ2n) is 7.44. The molecular weight excluding hydrogens is 304 g/mol. The lowest BCUT2D eigenvalue weighted by Crippen LogP contribution is -2.32. The molecule has 0 aliphatic heterocycles. The van der Waals surface area contributed by atoms with Gasteiger partial charge in [0.05, 0.1) is 20.1 Å². The Kier molecular flexibility index (Phi) is 12.7. The van der Waals surface area contributed by atoms with Crippen molar-refractivity contribution in [3.8, 4) is 0 Å². The molecule has 0 spiro atoms. The summed E-state index contributed by atoms with van der Waals surface area (Å²) in [6.45, 7) is 8.63. The summed E-state index contributed by atoms with van der Waals surface area (Å²) in [5, 5.41) is 0. The molecule has 0 radical (unpaired) electrons. The van der Waals surface area contributed by atoms with Gasteiger partial charge in [0, 0.05) is 6.42 Å². The van der Waals surface area contributed by atoms with E-state index in [9.17, 15) is 9.59 Å². The van der Waals surface area contributed by atoms with Gasteiger partial charge in [-0.2, -0.15) is 0 Å². The second kappa shape index (κ2) is 13.3. The first-order chi connectivity index (χ1) is 11.3. The lowest BCUT2D eigenvalue weighted by molar-refractivity contribution is -0.150. The molecule has 0 aromatic rings. The van der Waals surface area contributed by atoms with Crippen LogP contribution >= 0.6 is 0 Å². The number of unbranched alkanes of at least 4 members (excludes halogenated alkanes) is 5. The zero-order chi connectivity index (χ0) is 18.5. The van der Waals surface area contributed by atoms with Gasteiger partial charge in [0.25, 0.3) is 0 Å².